The number of rotatable bonds is 5. The van der Waals surface area contributed by atoms with Gasteiger partial charge in [0.25, 0.3) is 0 Å². The third-order valence-electron chi connectivity index (χ3n) is 4.60. The molecular formula is C19H24NO3S+. The van der Waals surface area contributed by atoms with Crippen molar-refractivity contribution in [1.82, 2.24) is 0 Å². The van der Waals surface area contributed by atoms with Crippen LogP contribution in [0.3, 0.4) is 0 Å². The van der Waals surface area contributed by atoms with Crippen molar-refractivity contribution in [3.63, 3.8) is 0 Å². The Labute approximate surface area is 144 Å². The first-order chi connectivity index (χ1) is 11.6. The van der Waals surface area contributed by atoms with Gasteiger partial charge in [-0.15, -0.1) is 0 Å². The van der Waals surface area contributed by atoms with Crippen LogP contribution in [0.2, 0.25) is 0 Å². The number of nitrogens with one attached hydrogen (secondary N) is 1. The molecule has 2 aromatic carbocycles. The van der Waals surface area contributed by atoms with E-state index in [2.05, 4.69) is 0 Å². The molecule has 1 heterocycles. The van der Waals surface area contributed by atoms with Gasteiger partial charge in [0.1, 0.15) is 24.9 Å². The zero-order valence-corrected chi connectivity index (χ0v) is 14.8. The molecule has 0 amide bonds. The van der Waals surface area contributed by atoms with E-state index in [1.54, 1.807) is 12.1 Å². The summed E-state index contributed by atoms with van der Waals surface area (Å²) in [6.45, 7) is 5.00. The Hall–Kier alpha value is -1.69. The summed E-state index contributed by atoms with van der Waals surface area (Å²) in [5, 5.41) is 0. The minimum atomic E-state index is -3.34. The topological polar surface area (TPSA) is 47.8 Å². The van der Waals surface area contributed by atoms with Crippen molar-refractivity contribution in [2.24, 2.45) is 0 Å². The second kappa shape index (κ2) is 7.47. The number of morpholine rings is 1. The van der Waals surface area contributed by atoms with Gasteiger partial charge in [0.2, 0.25) is 0 Å². The summed E-state index contributed by atoms with van der Waals surface area (Å²) in [6, 6.07) is 17.0. The third-order valence-corrected chi connectivity index (χ3v) is 6.36. The SMILES string of the molecule is Cc1ccc(S(=O)(=O)CC(c2ccccc2)[NH+]2CCOCC2)cc1. The van der Waals surface area contributed by atoms with E-state index < -0.39 is 9.84 Å². The van der Waals surface area contributed by atoms with Crippen molar-refractivity contribution in [3.05, 3.63) is 65.7 Å². The molecule has 0 aliphatic carbocycles. The second-order valence-electron chi connectivity index (χ2n) is 6.33. The summed E-state index contributed by atoms with van der Waals surface area (Å²) in [5.74, 6) is 0.120. The van der Waals surface area contributed by atoms with Crippen molar-refractivity contribution < 1.29 is 18.1 Å². The maximum Gasteiger partial charge on any atom is 0.184 e. The van der Waals surface area contributed by atoms with Gasteiger partial charge in [-0.3, -0.25) is 0 Å². The van der Waals surface area contributed by atoms with Crippen molar-refractivity contribution in [2.75, 3.05) is 32.1 Å². The molecule has 1 unspecified atom stereocenters. The van der Waals surface area contributed by atoms with Crippen LogP contribution in [0.4, 0.5) is 0 Å². The summed E-state index contributed by atoms with van der Waals surface area (Å²) < 4.78 is 31.3. The summed E-state index contributed by atoms with van der Waals surface area (Å²) in [6.07, 6.45) is 0. The highest BCUT2D eigenvalue weighted by molar-refractivity contribution is 7.91. The Morgan fingerprint density at radius 3 is 2.25 bits per heavy atom. The normalized spacial score (nSPS) is 17.5. The minimum Gasteiger partial charge on any atom is -0.370 e. The first-order valence-electron chi connectivity index (χ1n) is 8.33. The predicted molar refractivity (Wildman–Crippen MR) is 93.9 cm³/mol. The highest BCUT2D eigenvalue weighted by Crippen LogP contribution is 2.19. The molecule has 0 spiro atoms. The predicted octanol–water partition coefficient (Wildman–Crippen LogP) is 1.43. The van der Waals surface area contributed by atoms with Crippen LogP contribution >= 0.6 is 0 Å². The average molecular weight is 346 g/mol. The van der Waals surface area contributed by atoms with Gasteiger partial charge in [-0.25, -0.2) is 8.42 Å². The Bertz CT molecular complexity index is 751. The Morgan fingerprint density at radius 1 is 1.00 bits per heavy atom. The van der Waals surface area contributed by atoms with Crippen molar-refractivity contribution in [1.29, 1.82) is 0 Å². The van der Waals surface area contributed by atoms with Crippen LogP contribution in [0.15, 0.2) is 59.5 Å². The largest absolute Gasteiger partial charge is 0.370 e. The molecule has 1 aliphatic heterocycles. The summed E-state index contributed by atoms with van der Waals surface area (Å²) in [5.41, 5.74) is 2.14. The van der Waals surface area contributed by atoms with Crippen molar-refractivity contribution in [3.8, 4) is 0 Å². The number of quaternary nitrogens is 1. The molecule has 0 radical (unpaired) electrons. The molecular weight excluding hydrogens is 322 g/mol. The fourth-order valence-corrected chi connectivity index (χ4v) is 4.79. The first-order valence-corrected chi connectivity index (χ1v) is 9.98. The van der Waals surface area contributed by atoms with Crippen LogP contribution in [0.1, 0.15) is 17.2 Å². The number of benzene rings is 2. The quantitative estimate of drug-likeness (QED) is 0.891. The molecule has 24 heavy (non-hydrogen) atoms. The van der Waals surface area contributed by atoms with E-state index >= 15 is 0 Å². The Kier molecular flexibility index (Phi) is 5.33. The maximum atomic E-state index is 12.9. The van der Waals surface area contributed by atoms with E-state index in [9.17, 15) is 8.42 Å². The van der Waals surface area contributed by atoms with Crippen molar-refractivity contribution in [2.45, 2.75) is 17.9 Å². The lowest BCUT2D eigenvalue weighted by Crippen LogP contribution is -3.14. The van der Waals surface area contributed by atoms with Gasteiger partial charge in [0.15, 0.2) is 9.84 Å². The van der Waals surface area contributed by atoms with E-state index in [0.29, 0.717) is 18.1 Å². The van der Waals surface area contributed by atoms with Crippen LogP contribution in [0.5, 0.6) is 0 Å². The molecule has 0 bridgehead atoms. The van der Waals surface area contributed by atoms with Gasteiger partial charge in [0, 0.05) is 5.56 Å². The highest BCUT2D eigenvalue weighted by Gasteiger charge is 2.31. The monoisotopic (exact) mass is 346 g/mol. The van der Waals surface area contributed by atoms with Gasteiger partial charge in [-0.2, -0.15) is 0 Å². The number of aryl methyl sites for hydroxylation is 1. The fraction of sp³-hybridized carbons (Fsp3) is 0.368. The molecule has 1 fully saturated rings. The summed E-state index contributed by atoms with van der Waals surface area (Å²) in [7, 11) is -3.34. The number of hydrogen-bond donors (Lipinski definition) is 1. The molecule has 2 aromatic rings. The Balaban J connectivity index is 1.89. The first kappa shape index (κ1) is 17.1. The maximum absolute atomic E-state index is 12.9. The van der Waals surface area contributed by atoms with E-state index in [1.165, 1.54) is 4.90 Å². The molecule has 1 saturated heterocycles. The summed E-state index contributed by atoms with van der Waals surface area (Å²) in [4.78, 5) is 1.69. The summed E-state index contributed by atoms with van der Waals surface area (Å²) >= 11 is 0. The van der Waals surface area contributed by atoms with Crippen LogP contribution in [-0.2, 0) is 14.6 Å². The molecule has 1 aliphatic rings. The molecule has 3 rings (SSSR count). The highest BCUT2D eigenvalue weighted by atomic mass is 32.2. The number of ether oxygens (including phenoxy) is 1. The lowest BCUT2D eigenvalue weighted by molar-refractivity contribution is -0.936. The molecule has 1 N–H and O–H groups in total. The number of sulfone groups is 1. The molecule has 4 nitrogen and oxygen atoms in total. The van der Waals surface area contributed by atoms with Gasteiger partial charge in [-0.05, 0) is 19.1 Å². The van der Waals surface area contributed by atoms with Gasteiger partial charge in [-0.1, -0.05) is 48.0 Å². The number of hydrogen-bond acceptors (Lipinski definition) is 3. The van der Waals surface area contributed by atoms with E-state index in [0.717, 1.165) is 24.2 Å². The van der Waals surface area contributed by atoms with Crippen LogP contribution in [0, 0.1) is 6.92 Å². The lowest BCUT2D eigenvalue weighted by Gasteiger charge is -2.31. The van der Waals surface area contributed by atoms with Crippen LogP contribution in [0.25, 0.3) is 0 Å². The van der Waals surface area contributed by atoms with E-state index in [-0.39, 0.29) is 11.8 Å². The zero-order chi connectivity index (χ0) is 17.0. The molecule has 5 heteroatoms. The average Bonchev–Trinajstić information content (AvgIpc) is 2.62. The van der Waals surface area contributed by atoms with Crippen LogP contribution < -0.4 is 4.90 Å². The lowest BCUT2D eigenvalue weighted by atomic mass is 10.1. The zero-order valence-electron chi connectivity index (χ0n) is 13.9. The second-order valence-corrected chi connectivity index (χ2v) is 8.36. The molecule has 0 aromatic heterocycles. The molecule has 0 saturated carbocycles. The molecule has 1 atom stereocenters. The van der Waals surface area contributed by atoms with E-state index in [4.69, 9.17) is 4.74 Å². The standard InChI is InChI=1S/C19H23NO3S/c1-16-7-9-18(10-8-16)24(21,22)15-19(17-5-3-2-4-6-17)20-11-13-23-14-12-20/h2-10,19H,11-15H2,1H3/p+1. The van der Waals surface area contributed by atoms with Gasteiger partial charge < -0.3 is 9.64 Å². The van der Waals surface area contributed by atoms with Gasteiger partial charge in [0.05, 0.1) is 18.1 Å². The fourth-order valence-electron chi connectivity index (χ4n) is 3.18. The van der Waals surface area contributed by atoms with Crippen molar-refractivity contribution >= 4 is 9.84 Å². The molecule has 128 valence electrons. The third kappa shape index (κ3) is 4.04. The van der Waals surface area contributed by atoms with Gasteiger partial charge >= 0.3 is 0 Å². The Morgan fingerprint density at radius 2 is 1.62 bits per heavy atom. The van der Waals surface area contributed by atoms with E-state index in [1.807, 2.05) is 49.4 Å². The smallest absolute Gasteiger partial charge is 0.184 e. The minimum absolute atomic E-state index is 0.0681. The van der Waals surface area contributed by atoms with Crippen LogP contribution in [-0.4, -0.2) is 40.5 Å².